The maximum Gasteiger partial charge on any atom is 0.260 e. The Bertz CT molecular complexity index is 812. The molecule has 2 N–H and O–H groups in total. The van der Waals surface area contributed by atoms with Gasteiger partial charge in [0, 0.05) is 17.7 Å². The molecule has 0 saturated heterocycles. The number of hydrogen-bond donors (Lipinski definition) is 1. The molecule has 32 heavy (non-hydrogen) atoms. The standard InChI is InChI=1S/C26H33N2O4/c1-31-23-13-9-21(10-14-23)25(29)28(26(30)22-11-15-24(32-2)16-12-22)17-3-4-19-5-7-20(18-27)8-6-19/h3,9-16,19-20H,4-8,17-18,27H2,1-2H3. The summed E-state index contributed by atoms with van der Waals surface area (Å²) in [6.45, 7) is 1.03. The highest BCUT2D eigenvalue weighted by Gasteiger charge is 2.25. The summed E-state index contributed by atoms with van der Waals surface area (Å²) in [4.78, 5) is 27.8. The van der Waals surface area contributed by atoms with E-state index in [0.29, 0.717) is 34.5 Å². The van der Waals surface area contributed by atoms with Gasteiger partial charge in [-0.1, -0.05) is 12.8 Å². The van der Waals surface area contributed by atoms with Crippen LogP contribution >= 0.6 is 0 Å². The van der Waals surface area contributed by atoms with Gasteiger partial charge < -0.3 is 15.2 Å². The van der Waals surface area contributed by atoms with Gasteiger partial charge >= 0.3 is 0 Å². The van der Waals surface area contributed by atoms with Crippen LogP contribution in [0.15, 0.2) is 48.5 Å². The van der Waals surface area contributed by atoms with Crippen LogP contribution in [-0.4, -0.2) is 44.0 Å². The van der Waals surface area contributed by atoms with Gasteiger partial charge in [-0.2, -0.15) is 0 Å². The largest absolute Gasteiger partial charge is 0.497 e. The second kappa shape index (κ2) is 11.7. The minimum atomic E-state index is -0.323. The molecule has 0 aliphatic heterocycles. The van der Waals surface area contributed by atoms with E-state index >= 15 is 0 Å². The van der Waals surface area contributed by atoms with Crippen molar-refractivity contribution in [2.45, 2.75) is 32.1 Å². The van der Waals surface area contributed by atoms with Crippen molar-refractivity contribution in [1.82, 2.24) is 4.90 Å². The molecule has 6 heteroatoms. The van der Waals surface area contributed by atoms with Crippen molar-refractivity contribution in [2.75, 3.05) is 27.3 Å². The van der Waals surface area contributed by atoms with E-state index in [1.54, 1.807) is 62.8 Å². The summed E-state index contributed by atoms with van der Waals surface area (Å²) in [5.41, 5.74) is 6.69. The Labute approximate surface area is 190 Å². The van der Waals surface area contributed by atoms with E-state index in [1.807, 2.05) is 0 Å². The second-order valence-corrected chi connectivity index (χ2v) is 8.32. The number of amides is 2. The molecular weight excluding hydrogens is 404 g/mol. The lowest BCUT2D eigenvalue weighted by atomic mass is 9.80. The summed E-state index contributed by atoms with van der Waals surface area (Å²) in [7, 11) is 3.15. The first kappa shape index (κ1) is 23.8. The van der Waals surface area contributed by atoms with Gasteiger partial charge in [-0.25, -0.2) is 0 Å². The van der Waals surface area contributed by atoms with Crippen LogP contribution in [0.4, 0.5) is 0 Å². The molecule has 1 aliphatic carbocycles. The van der Waals surface area contributed by atoms with Gasteiger partial charge in [0.2, 0.25) is 0 Å². The van der Waals surface area contributed by atoms with E-state index in [1.165, 1.54) is 4.90 Å². The predicted octanol–water partition coefficient (Wildman–Crippen LogP) is 4.35. The summed E-state index contributed by atoms with van der Waals surface area (Å²) in [5.74, 6) is 1.90. The fourth-order valence-electron chi connectivity index (χ4n) is 4.18. The van der Waals surface area contributed by atoms with E-state index in [4.69, 9.17) is 15.2 Å². The maximum atomic E-state index is 13.3. The van der Waals surface area contributed by atoms with Crippen molar-refractivity contribution in [1.29, 1.82) is 0 Å². The van der Waals surface area contributed by atoms with Crippen LogP contribution in [0.2, 0.25) is 0 Å². The van der Waals surface area contributed by atoms with Crippen molar-refractivity contribution < 1.29 is 19.1 Å². The van der Waals surface area contributed by atoms with Gasteiger partial charge in [0.15, 0.2) is 0 Å². The average molecular weight is 438 g/mol. The molecule has 6 nitrogen and oxygen atoms in total. The normalized spacial score (nSPS) is 18.1. The van der Waals surface area contributed by atoms with Crippen LogP contribution in [0.3, 0.4) is 0 Å². The molecule has 1 radical (unpaired) electrons. The maximum absolute atomic E-state index is 13.3. The zero-order valence-electron chi connectivity index (χ0n) is 19.0. The molecule has 0 heterocycles. The molecule has 1 fully saturated rings. The third-order valence-corrected chi connectivity index (χ3v) is 6.28. The average Bonchev–Trinajstić information content (AvgIpc) is 2.86. The molecule has 0 spiro atoms. The first-order valence-corrected chi connectivity index (χ1v) is 11.2. The molecule has 0 atom stereocenters. The van der Waals surface area contributed by atoms with Crippen LogP contribution in [0.5, 0.6) is 11.5 Å². The number of methoxy groups -OCH3 is 2. The van der Waals surface area contributed by atoms with Gasteiger partial charge in [0.1, 0.15) is 11.5 Å². The number of carbonyl (C=O) groups is 2. The molecule has 2 amide bonds. The highest BCUT2D eigenvalue weighted by molar-refractivity contribution is 6.10. The van der Waals surface area contributed by atoms with Crippen LogP contribution in [-0.2, 0) is 0 Å². The Morgan fingerprint density at radius 3 is 1.69 bits per heavy atom. The van der Waals surface area contributed by atoms with Crippen molar-refractivity contribution in [3.8, 4) is 11.5 Å². The van der Waals surface area contributed by atoms with Gasteiger partial charge in [-0.15, -0.1) is 0 Å². The Kier molecular flexibility index (Phi) is 8.68. The van der Waals surface area contributed by atoms with Gasteiger partial charge in [-0.3, -0.25) is 14.5 Å². The summed E-state index contributed by atoms with van der Waals surface area (Å²) < 4.78 is 10.4. The van der Waals surface area contributed by atoms with Gasteiger partial charge in [0.05, 0.1) is 14.2 Å². The van der Waals surface area contributed by atoms with E-state index in [2.05, 4.69) is 6.42 Å². The molecule has 171 valence electrons. The summed E-state index contributed by atoms with van der Waals surface area (Å²) >= 11 is 0. The third-order valence-electron chi connectivity index (χ3n) is 6.28. The fraction of sp³-hybridized carbons (Fsp3) is 0.423. The molecular formula is C26H33N2O4. The minimum Gasteiger partial charge on any atom is -0.497 e. The Balaban J connectivity index is 1.70. The highest BCUT2D eigenvalue weighted by atomic mass is 16.5. The molecule has 2 aromatic rings. The quantitative estimate of drug-likeness (QED) is 0.590. The number of nitrogens with two attached hydrogens (primary N) is 1. The zero-order valence-corrected chi connectivity index (χ0v) is 19.0. The van der Waals surface area contributed by atoms with Crippen molar-refractivity contribution in [3.63, 3.8) is 0 Å². The number of nitrogens with zero attached hydrogens (tertiary/aromatic N) is 1. The first-order chi connectivity index (χ1) is 15.5. The lowest BCUT2D eigenvalue weighted by Crippen LogP contribution is -2.38. The smallest absolute Gasteiger partial charge is 0.260 e. The number of carbonyl (C=O) groups excluding carboxylic acids is 2. The molecule has 1 aliphatic rings. The Morgan fingerprint density at radius 1 is 0.844 bits per heavy atom. The van der Waals surface area contributed by atoms with E-state index < -0.39 is 0 Å². The number of ether oxygens (including phenoxy) is 2. The van der Waals surface area contributed by atoms with Crippen molar-refractivity contribution in [3.05, 3.63) is 66.1 Å². The molecule has 1 saturated carbocycles. The molecule has 0 unspecified atom stereocenters. The summed E-state index contributed by atoms with van der Waals surface area (Å²) in [6, 6.07) is 13.6. The number of hydrogen-bond acceptors (Lipinski definition) is 5. The molecule has 0 aromatic heterocycles. The summed E-state index contributed by atoms with van der Waals surface area (Å²) in [5, 5.41) is 0. The topological polar surface area (TPSA) is 81.9 Å². The lowest BCUT2D eigenvalue weighted by molar-refractivity contribution is 0.0626. The fourth-order valence-corrected chi connectivity index (χ4v) is 4.18. The lowest BCUT2D eigenvalue weighted by Gasteiger charge is -2.28. The van der Waals surface area contributed by atoms with E-state index in [9.17, 15) is 9.59 Å². The highest BCUT2D eigenvalue weighted by Crippen LogP contribution is 2.31. The summed E-state index contributed by atoms with van der Waals surface area (Å²) in [6.07, 6.45) is 7.58. The zero-order chi connectivity index (χ0) is 22.9. The Morgan fingerprint density at radius 2 is 1.28 bits per heavy atom. The number of rotatable bonds is 9. The monoisotopic (exact) mass is 437 g/mol. The van der Waals surface area contributed by atoms with Crippen LogP contribution in [0.25, 0.3) is 0 Å². The minimum absolute atomic E-state index is 0.270. The third kappa shape index (κ3) is 6.10. The van der Waals surface area contributed by atoms with Gasteiger partial charge in [-0.05, 0) is 92.6 Å². The Hall–Kier alpha value is -2.86. The van der Waals surface area contributed by atoms with Gasteiger partial charge in [0.25, 0.3) is 11.8 Å². The predicted molar refractivity (Wildman–Crippen MR) is 125 cm³/mol. The van der Waals surface area contributed by atoms with E-state index in [0.717, 1.165) is 38.6 Å². The molecule has 3 rings (SSSR count). The molecule has 0 bridgehead atoms. The number of imide groups is 1. The van der Waals surface area contributed by atoms with Crippen molar-refractivity contribution in [2.24, 2.45) is 17.6 Å². The SMILES string of the molecule is COc1ccc(C(=O)N(C[CH]CC2CCC(CN)CC2)C(=O)c2ccc(OC)cc2)cc1. The van der Waals surface area contributed by atoms with Crippen LogP contribution in [0.1, 0.15) is 52.8 Å². The number of benzene rings is 2. The molecule has 2 aromatic carbocycles. The van der Waals surface area contributed by atoms with E-state index in [-0.39, 0.29) is 18.4 Å². The first-order valence-electron chi connectivity index (χ1n) is 11.2. The van der Waals surface area contributed by atoms with Crippen LogP contribution in [0, 0.1) is 18.3 Å². The van der Waals surface area contributed by atoms with Crippen LogP contribution < -0.4 is 15.2 Å². The van der Waals surface area contributed by atoms with Crippen molar-refractivity contribution >= 4 is 11.8 Å². The second-order valence-electron chi connectivity index (χ2n) is 8.32.